The number of nitrogens with one attached hydrogen (secondary N) is 1. The molecule has 2 saturated heterocycles. The summed E-state index contributed by atoms with van der Waals surface area (Å²) in [6, 6.07) is 14.0. The zero-order chi connectivity index (χ0) is 22.1. The summed E-state index contributed by atoms with van der Waals surface area (Å²) in [7, 11) is 0. The molecule has 5 rings (SSSR count). The predicted molar refractivity (Wildman–Crippen MR) is 126 cm³/mol. The van der Waals surface area contributed by atoms with E-state index in [9.17, 15) is 4.79 Å². The van der Waals surface area contributed by atoms with Crippen LogP contribution < -0.4 is 20.5 Å². The number of benzene rings is 2. The Hall–Kier alpha value is -2.55. The molecular formula is C23H25ClN4O3S. The number of fused-ring (bicyclic) bond motifs is 3. The zero-order valence-corrected chi connectivity index (χ0v) is 19.1. The molecule has 2 amide bonds. The average Bonchev–Trinajstić information content (AvgIpc) is 3.27. The minimum absolute atomic E-state index is 0.196. The van der Waals surface area contributed by atoms with Crippen LogP contribution >= 0.6 is 22.9 Å². The molecule has 0 spiro atoms. The number of nitrogens with zero attached hydrogens (tertiary/aromatic N) is 2. The molecule has 2 unspecified atom stereocenters. The van der Waals surface area contributed by atoms with Crippen molar-refractivity contribution in [3.05, 3.63) is 47.5 Å². The molecule has 2 bridgehead atoms. The maximum Gasteiger partial charge on any atom is 0.312 e. The van der Waals surface area contributed by atoms with Gasteiger partial charge in [0.2, 0.25) is 0 Å². The lowest BCUT2D eigenvalue weighted by molar-refractivity contribution is 0.1000. The fourth-order valence-electron chi connectivity index (χ4n) is 4.87. The van der Waals surface area contributed by atoms with Crippen molar-refractivity contribution in [1.29, 1.82) is 0 Å². The standard InChI is InChI=1S/C23H25ClN4O3S/c24-19-2-1-3-20-21(19)32-23(27-20)31-18-8-6-17(7-9-18)30-11-10-28-15-4-5-16(28)13-14(12-15)26-22(25)29/h1-3,6-9,14-16H,4-5,10-13H2,(H3,25,26,29). The summed E-state index contributed by atoms with van der Waals surface area (Å²) < 4.78 is 12.8. The zero-order valence-electron chi connectivity index (χ0n) is 17.5. The van der Waals surface area contributed by atoms with Gasteiger partial charge in [0.15, 0.2) is 0 Å². The molecule has 2 fully saturated rings. The van der Waals surface area contributed by atoms with Gasteiger partial charge in [-0.2, -0.15) is 0 Å². The molecule has 9 heteroatoms. The lowest BCUT2D eigenvalue weighted by Gasteiger charge is -2.38. The monoisotopic (exact) mass is 472 g/mol. The highest BCUT2D eigenvalue weighted by atomic mass is 35.5. The van der Waals surface area contributed by atoms with Crippen molar-refractivity contribution in [2.24, 2.45) is 5.73 Å². The van der Waals surface area contributed by atoms with Crippen LogP contribution in [-0.4, -0.2) is 47.2 Å². The van der Waals surface area contributed by atoms with Crippen LogP contribution in [0.25, 0.3) is 10.2 Å². The quantitative estimate of drug-likeness (QED) is 0.516. The summed E-state index contributed by atoms with van der Waals surface area (Å²) in [5.74, 6) is 1.51. The van der Waals surface area contributed by atoms with E-state index in [0.29, 0.717) is 34.7 Å². The number of piperidine rings is 1. The number of ether oxygens (including phenoxy) is 2. The van der Waals surface area contributed by atoms with Crippen molar-refractivity contribution in [1.82, 2.24) is 15.2 Å². The van der Waals surface area contributed by atoms with E-state index in [4.69, 9.17) is 26.8 Å². The van der Waals surface area contributed by atoms with Gasteiger partial charge in [-0.25, -0.2) is 9.78 Å². The van der Waals surface area contributed by atoms with Crippen LogP contribution in [-0.2, 0) is 0 Å². The minimum Gasteiger partial charge on any atom is -0.492 e. The van der Waals surface area contributed by atoms with E-state index in [2.05, 4.69) is 15.2 Å². The third-order valence-corrected chi connectivity index (χ3v) is 7.63. The fourth-order valence-corrected chi connectivity index (χ4v) is 6.00. The van der Waals surface area contributed by atoms with Crippen molar-refractivity contribution in [2.45, 2.75) is 43.8 Å². The lowest BCUT2D eigenvalue weighted by atomic mass is 9.97. The van der Waals surface area contributed by atoms with Crippen LogP contribution in [0.2, 0.25) is 5.02 Å². The van der Waals surface area contributed by atoms with Gasteiger partial charge in [0, 0.05) is 24.7 Å². The molecule has 2 aromatic carbocycles. The van der Waals surface area contributed by atoms with Gasteiger partial charge in [-0.15, -0.1) is 0 Å². The maximum atomic E-state index is 11.2. The Morgan fingerprint density at radius 2 is 1.88 bits per heavy atom. The molecule has 2 aliphatic heterocycles. The summed E-state index contributed by atoms with van der Waals surface area (Å²) in [6.07, 6.45) is 4.26. The molecule has 168 valence electrons. The number of amides is 2. The number of nitrogens with two attached hydrogens (primary N) is 1. The molecule has 0 saturated carbocycles. The van der Waals surface area contributed by atoms with Gasteiger partial charge in [0.25, 0.3) is 5.19 Å². The first-order chi connectivity index (χ1) is 15.5. The maximum absolute atomic E-state index is 11.2. The van der Waals surface area contributed by atoms with Crippen molar-refractivity contribution in [3.63, 3.8) is 0 Å². The van der Waals surface area contributed by atoms with Gasteiger partial charge in [-0.1, -0.05) is 29.0 Å². The summed E-state index contributed by atoms with van der Waals surface area (Å²) in [5.41, 5.74) is 6.12. The Morgan fingerprint density at radius 3 is 2.56 bits per heavy atom. The molecule has 2 aliphatic rings. The fraction of sp³-hybridized carbons (Fsp3) is 0.391. The van der Waals surface area contributed by atoms with E-state index in [1.807, 2.05) is 42.5 Å². The number of rotatable bonds is 7. The molecule has 2 atom stereocenters. The smallest absolute Gasteiger partial charge is 0.312 e. The predicted octanol–water partition coefficient (Wildman–Crippen LogP) is 4.78. The number of hydrogen-bond donors (Lipinski definition) is 2. The number of halogens is 1. The average molecular weight is 473 g/mol. The van der Waals surface area contributed by atoms with Crippen LogP contribution in [0.1, 0.15) is 25.7 Å². The van der Waals surface area contributed by atoms with Crippen LogP contribution in [0.4, 0.5) is 4.79 Å². The second-order valence-corrected chi connectivity index (χ2v) is 9.66. The highest BCUT2D eigenvalue weighted by Crippen LogP contribution is 2.36. The normalized spacial score (nSPS) is 22.7. The van der Waals surface area contributed by atoms with Crippen molar-refractivity contribution < 1.29 is 14.3 Å². The number of thiazole rings is 1. The Morgan fingerprint density at radius 1 is 1.16 bits per heavy atom. The van der Waals surface area contributed by atoms with Gasteiger partial charge in [0.1, 0.15) is 18.1 Å². The number of carbonyl (C=O) groups is 1. The molecule has 1 aromatic heterocycles. The van der Waals surface area contributed by atoms with Crippen molar-refractivity contribution in [2.75, 3.05) is 13.2 Å². The molecule has 3 heterocycles. The Bertz CT molecular complexity index is 1090. The van der Waals surface area contributed by atoms with Crippen LogP contribution in [0.3, 0.4) is 0 Å². The molecule has 32 heavy (non-hydrogen) atoms. The van der Waals surface area contributed by atoms with Crippen LogP contribution in [0.5, 0.6) is 16.7 Å². The van der Waals surface area contributed by atoms with Crippen molar-refractivity contribution in [3.8, 4) is 16.7 Å². The Labute approximate surface area is 195 Å². The highest BCUT2D eigenvalue weighted by molar-refractivity contribution is 7.20. The van der Waals surface area contributed by atoms with E-state index in [0.717, 1.165) is 35.4 Å². The van der Waals surface area contributed by atoms with E-state index in [-0.39, 0.29) is 6.04 Å². The number of urea groups is 1. The highest BCUT2D eigenvalue weighted by Gasteiger charge is 2.40. The first-order valence-corrected chi connectivity index (χ1v) is 12.0. The van der Waals surface area contributed by atoms with E-state index >= 15 is 0 Å². The summed E-state index contributed by atoms with van der Waals surface area (Å²) in [4.78, 5) is 18.2. The SMILES string of the molecule is NC(=O)NC1CC2CCC(C1)N2CCOc1ccc(Oc2nc3cccc(Cl)c3s2)cc1. The third-order valence-electron chi connectivity index (χ3n) is 6.23. The Balaban J connectivity index is 1.12. The lowest BCUT2D eigenvalue weighted by Crippen LogP contribution is -2.52. The summed E-state index contributed by atoms with van der Waals surface area (Å²) in [5, 5.41) is 4.12. The molecule has 3 N–H and O–H groups in total. The molecule has 0 aliphatic carbocycles. The number of hydrogen-bond acceptors (Lipinski definition) is 6. The number of primary amides is 1. The van der Waals surface area contributed by atoms with Gasteiger partial charge >= 0.3 is 6.03 Å². The second-order valence-electron chi connectivity index (χ2n) is 8.29. The molecule has 0 radical (unpaired) electrons. The van der Waals surface area contributed by atoms with Gasteiger partial charge < -0.3 is 20.5 Å². The second kappa shape index (κ2) is 9.13. The largest absolute Gasteiger partial charge is 0.492 e. The van der Waals surface area contributed by atoms with Crippen LogP contribution in [0.15, 0.2) is 42.5 Å². The van der Waals surface area contributed by atoms with Gasteiger partial charge in [-0.3, -0.25) is 4.90 Å². The Kier molecular flexibility index (Phi) is 6.08. The molecular weight excluding hydrogens is 448 g/mol. The summed E-state index contributed by atoms with van der Waals surface area (Å²) in [6.45, 7) is 1.50. The van der Waals surface area contributed by atoms with Gasteiger partial charge in [-0.05, 0) is 62.1 Å². The van der Waals surface area contributed by atoms with Gasteiger partial charge in [0.05, 0.1) is 15.2 Å². The topological polar surface area (TPSA) is 89.7 Å². The first kappa shape index (κ1) is 21.3. The van der Waals surface area contributed by atoms with E-state index < -0.39 is 6.03 Å². The number of aromatic nitrogens is 1. The third kappa shape index (κ3) is 4.62. The first-order valence-electron chi connectivity index (χ1n) is 10.8. The molecule has 7 nitrogen and oxygen atoms in total. The number of carbonyl (C=O) groups excluding carboxylic acids is 1. The van der Waals surface area contributed by atoms with E-state index in [1.165, 1.54) is 24.2 Å². The summed E-state index contributed by atoms with van der Waals surface area (Å²) >= 11 is 7.65. The van der Waals surface area contributed by atoms with Crippen molar-refractivity contribution >= 4 is 39.2 Å². The van der Waals surface area contributed by atoms with Crippen LogP contribution in [0, 0.1) is 0 Å². The van der Waals surface area contributed by atoms with E-state index in [1.54, 1.807) is 0 Å². The molecule has 3 aromatic rings. The minimum atomic E-state index is -0.425.